The van der Waals surface area contributed by atoms with Crippen LogP contribution in [0.2, 0.25) is 0 Å². The first-order valence-electron chi connectivity index (χ1n) is 6.98. The predicted molar refractivity (Wildman–Crippen MR) is 76.0 cm³/mol. The highest BCUT2D eigenvalue weighted by Crippen LogP contribution is 2.32. The number of hydrogen-bond acceptors (Lipinski definition) is 6. The summed E-state index contributed by atoms with van der Waals surface area (Å²) in [5, 5.41) is 11.2. The van der Waals surface area contributed by atoms with Crippen LogP contribution in [-0.4, -0.2) is 33.6 Å². The number of ether oxygens (including phenoxy) is 2. The number of carbonyl (C=O) groups excluding carboxylic acids is 1. The third-order valence-corrected chi connectivity index (χ3v) is 5.01. The first kappa shape index (κ1) is 16.6. The summed E-state index contributed by atoms with van der Waals surface area (Å²) in [6.07, 6.45) is 0.502. The molecule has 0 unspecified atom stereocenters. The van der Waals surface area contributed by atoms with E-state index >= 15 is 0 Å². The van der Waals surface area contributed by atoms with Gasteiger partial charge in [0.15, 0.2) is 11.5 Å². The van der Waals surface area contributed by atoms with Gasteiger partial charge >= 0.3 is 0 Å². The van der Waals surface area contributed by atoms with E-state index < -0.39 is 28.0 Å². The maximum Gasteiger partial charge on any atom is 0.241 e. The van der Waals surface area contributed by atoms with E-state index in [1.54, 1.807) is 13.8 Å². The van der Waals surface area contributed by atoms with Crippen molar-refractivity contribution in [3.8, 4) is 11.5 Å². The largest absolute Gasteiger partial charge is 0.548 e. The Hall–Kier alpha value is -1.80. The normalized spacial score (nSPS) is 16.8. The molecule has 2 atom stereocenters. The van der Waals surface area contributed by atoms with Crippen molar-refractivity contribution in [2.75, 3.05) is 13.2 Å². The van der Waals surface area contributed by atoms with Crippen LogP contribution in [0.4, 0.5) is 0 Å². The Kier molecular flexibility index (Phi) is 4.92. The molecule has 8 heteroatoms. The Morgan fingerprint density at radius 1 is 1.32 bits per heavy atom. The maximum absolute atomic E-state index is 12.4. The average molecular weight is 328 g/mol. The Bertz CT molecular complexity index is 657. The lowest BCUT2D eigenvalue weighted by Crippen LogP contribution is -2.51. The van der Waals surface area contributed by atoms with Gasteiger partial charge in [0.2, 0.25) is 10.0 Å². The molecule has 0 spiro atoms. The van der Waals surface area contributed by atoms with Crippen molar-refractivity contribution >= 4 is 16.0 Å². The molecule has 22 heavy (non-hydrogen) atoms. The van der Waals surface area contributed by atoms with Gasteiger partial charge in [-0.3, -0.25) is 0 Å². The van der Waals surface area contributed by atoms with E-state index in [0.29, 0.717) is 31.1 Å². The molecule has 0 aromatic heterocycles. The third kappa shape index (κ3) is 3.50. The minimum absolute atomic E-state index is 0.0775. The second-order valence-electron chi connectivity index (χ2n) is 5.11. The number of benzene rings is 1. The molecule has 122 valence electrons. The number of carboxylic acid groups (broad SMARTS) is 1. The zero-order valence-electron chi connectivity index (χ0n) is 12.4. The van der Waals surface area contributed by atoms with Crippen molar-refractivity contribution in [2.45, 2.75) is 31.2 Å². The van der Waals surface area contributed by atoms with E-state index in [4.69, 9.17) is 9.47 Å². The van der Waals surface area contributed by atoms with Gasteiger partial charge in [-0.2, -0.15) is 0 Å². The minimum Gasteiger partial charge on any atom is -0.548 e. The van der Waals surface area contributed by atoms with Gasteiger partial charge in [-0.1, -0.05) is 20.3 Å². The number of carbonyl (C=O) groups is 1. The van der Waals surface area contributed by atoms with Gasteiger partial charge < -0.3 is 19.4 Å². The van der Waals surface area contributed by atoms with Crippen LogP contribution < -0.4 is 19.3 Å². The van der Waals surface area contributed by atoms with Crippen molar-refractivity contribution in [3.05, 3.63) is 18.2 Å². The summed E-state index contributed by atoms with van der Waals surface area (Å²) in [6.45, 7) is 4.16. The van der Waals surface area contributed by atoms with Crippen molar-refractivity contribution < 1.29 is 27.8 Å². The maximum atomic E-state index is 12.4. The number of fused-ring (bicyclic) bond motifs is 1. The molecule has 7 nitrogen and oxygen atoms in total. The van der Waals surface area contributed by atoms with Gasteiger partial charge in [-0.25, -0.2) is 13.1 Å². The molecule has 0 bridgehead atoms. The fraction of sp³-hybridized carbons (Fsp3) is 0.500. The summed E-state index contributed by atoms with van der Waals surface area (Å²) in [5.74, 6) is -1.06. The second kappa shape index (κ2) is 6.53. The van der Waals surface area contributed by atoms with Crippen LogP contribution in [-0.2, 0) is 14.8 Å². The van der Waals surface area contributed by atoms with E-state index in [9.17, 15) is 18.3 Å². The van der Waals surface area contributed by atoms with Crippen LogP contribution in [0.5, 0.6) is 11.5 Å². The molecule has 1 aromatic rings. The molecular formula is C14H18NO6S-. The first-order chi connectivity index (χ1) is 10.3. The van der Waals surface area contributed by atoms with Crippen LogP contribution >= 0.6 is 0 Å². The lowest BCUT2D eigenvalue weighted by atomic mass is 10.0. The number of aliphatic carboxylic acids is 1. The van der Waals surface area contributed by atoms with Gasteiger partial charge in [-0.05, 0) is 18.1 Å². The summed E-state index contributed by atoms with van der Waals surface area (Å²) in [4.78, 5) is 11.1. The zero-order valence-corrected chi connectivity index (χ0v) is 13.2. The third-order valence-electron chi connectivity index (χ3n) is 3.57. The molecule has 1 aliphatic heterocycles. The van der Waals surface area contributed by atoms with E-state index in [1.165, 1.54) is 18.2 Å². The molecular weight excluding hydrogens is 310 g/mol. The fourth-order valence-electron chi connectivity index (χ4n) is 2.06. The Morgan fingerprint density at radius 2 is 1.95 bits per heavy atom. The summed E-state index contributed by atoms with van der Waals surface area (Å²) < 4.78 is 37.5. The number of rotatable bonds is 6. The summed E-state index contributed by atoms with van der Waals surface area (Å²) in [5.41, 5.74) is 0. The van der Waals surface area contributed by atoms with Gasteiger partial charge in [0, 0.05) is 6.07 Å². The van der Waals surface area contributed by atoms with Crippen LogP contribution in [0.15, 0.2) is 23.1 Å². The SMILES string of the molecule is CC[C@@H](C)[C@H](NS(=O)(=O)c1ccc2c(c1)OCCO2)C(=O)[O-]. The fourth-order valence-corrected chi connectivity index (χ4v) is 3.37. The van der Waals surface area contributed by atoms with Crippen molar-refractivity contribution in [2.24, 2.45) is 5.92 Å². The molecule has 0 saturated carbocycles. The van der Waals surface area contributed by atoms with Crippen LogP contribution in [0.1, 0.15) is 20.3 Å². The quantitative estimate of drug-likeness (QED) is 0.782. The smallest absolute Gasteiger partial charge is 0.241 e. The molecule has 0 fully saturated rings. The van der Waals surface area contributed by atoms with Gasteiger partial charge in [-0.15, -0.1) is 0 Å². The predicted octanol–water partition coefficient (Wildman–Crippen LogP) is -0.0993. The molecule has 1 N–H and O–H groups in total. The lowest BCUT2D eigenvalue weighted by Gasteiger charge is -2.25. The number of carboxylic acids is 1. The molecule has 0 saturated heterocycles. The van der Waals surface area contributed by atoms with Crippen LogP contribution in [0, 0.1) is 5.92 Å². The number of sulfonamides is 1. The molecule has 1 aliphatic rings. The van der Waals surface area contributed by atoms with Crippen LogP contribution in [0.25, 0.3) is 0 Å². The summed E-state index contributed by atoms with van der Waals surface area (Å²) in [6, 6.07) is 2.86. The van der Waals surface area contributed by atoms with Gasteiger partial charge in [0.1, 0.15) is 13.2 Å². The highest BCUT2D eigenvalue weighted by Gasteiger charge is 2.26. The monoisotopic (exact) mass is 328 g/mol. The lowest BCUT2D eigenvalue weighted by molar-refractivity contribution is -0.309. The molecule has 2 rings (SSSR count). The Balaban J connectivity index is 2.28. The molecule has 0 amide bonds. The first-order valence-corrected chi connectivity index (χ1v) is 8.46. The number of hydrogen-bond donors (Lipinski definition) is 1. The van der Waals surface area contributed by atoms with Crippen molar-refractivity contribution in [1.82, 2.24) is 4.72 Å². The van der Waals surface area contributed by atoms with Gasteiger partial charge in [0.05, 0.1) is 16.9 Å². The molecule has 0 radical (unpaired) electrons. The van der Waals surface area contributed by atoms with E-state index in [2.05, 4.69) is 4.72 Å². The minimum atomic E-state index is -4.00. The number of nitrogens with one attached hydrogen (secondary N) is 1. The standard InChI is InChI=1S/C14H19NO6S/c1-3-9(2)13(14(16)17)15-22(18,19)10-4-5-11-12(8-10)21-7-6-20-11/h4-5,8-9,13,15H,3,6-7H2,1-2H3,(H,16,17)/p-1/t9-,13+/m1/s1. The highest BCUT2D eigenvalue weighted by molar-refractivity contribution is 7.89. The van der Waals surface area contributed by atoms with E-state index in [-0.39, 0.29) is 4.90 Å². The molecule has 1 aromatic carbocycles. The highest BCUT2D eigenvalue weighted by atomic mass is 32.2. The topological polar surface area (TPSA) is 105 Å². The Morgan fingerprint density at radius 3 is 2.55 bits per heavy atom. The zero-order chi connectivity index (χ0) is 16.3. The van der Waals surface area contributed by atoms with Crippen LogP contribution in [0.3, 0.4) is 0 Å². The molecule has 1 heterocycles. The van der Waals surface area contributed by atoms with E-state index in [1.807, 2.05) is 0 Å². The molecule has 0 aliphatic carbocycles. The van der Waals surface area contributed by atoms with Crippen molar-refractivity contribution in [3.63, 3.8) is 0 Å². The average Bonchev–Trinajstić information content (AvgIpc) is 2.51. The van der Waals surface area contributed by atoms with Gasteiger partial charge in [0.25, 0.3) is 0 Å². The Labute approximate surface area is 129 Å². The summed E-state index contributed by atoms with van der Waals surface area (Å²) >= 11 is 0. The van der Waals surface area contributed by atoms with Crippen molar-refractivity contribution in [1.29, 1.82) is 0 Å². The summed E-state index contributed by atoms with van der Waals surface area (Å²) in [7, 11) is -4.00. The van der Waals surface area contributed by atoms with E-state index in [0.717, 1.165) is 0 Å². The second-order valence-corrected chi connectivity index (χ2v) is 6.82.